The van der Waals surface area contributed by atoms with Gasteiger partial charge in [0.05, 0.1) is 30.3 Å². The van der Waals surface area contributed by atoms with Crippen LogP contribution in [0.15, 0.2) is 43.0 Å². The minimum Gasteiger partial charge on any atom is -0.398 e. The maximum Gasteiger partial charge on any atom is 0.132 e. The Balaban J connectivity index is 1.65. The van der Waals surface area contributed by atoms with E-state index in [1.165, 1.54) is 6.33 Å². The molecule has 1 fully saturated rings. The second kappa shape index (κ2) is 7.40. The molecule has 1 unspecified atom stereocenters. The average Bonchev–Trinajstić information content (AvgIpc) is 3.14. The van der Waals surface area contributed by atoms with Crippen LogP contribution in [0.25, 0.3) is 11.1 Å². The minimum atomic E-state index is 0.151. The molecule has 1 aromatic carbocycles. The van der Waals surface area contributed by atoms with Crippen molar-refractivity contribution < 1.29 is 4.74 Å². The van der Waals surface area contributed by atoms with Gasteiger partial charge in [-0.15, -0.1) is 0 Å². The summed E-state index contributed by atoms with van der Waals surface area (Å²) in [6, 6.07) is 7.51. The summed E-state index contributed by atoms with van der Waals surface area (Å²) in [5, 5.41) is 12.9. The van der Waals surface area contributed by atoms with Crippen LogP contribution in [0.3, 0.4) is 0 Å². The SMILES string of the molecule is CC1CN(c2cc(C(=N)c3cc(-c4cnn(C)c4)ccc3N)ncn2)CCO1. The number of hydrogen-bond acceptors (Lipinski definition) is 7. The number of nitrogens with one attached hydrogen (secondary N) is 1. The average molecular weight is 377 g/mol. The van der Waals surface area contributed by atoms with Crippen molar-refractivity contribution in [3.05, 3.63) is 54.2 Å². The number of benzene rings is 1. The molecular formula is C20H23N7O. The van der Waals surface area contributed by atoms with Gasteiger partial charge in [0.2, 0.25) is 0 Å². The van der Waals surface area contributed by atoms with Gasteiger partial charge in [0.1, 0.15) is 12.1 Å². The van der Waals surface area contributed by atoms with Crippen molar-refractivity contribution in [1.82, 2.24) is 19.7 Å². The number of anilines is 2. The monoisotopic (exact) mass is 377 g/mol. The first-order valence-electron chi connectivity index (χ1n) is 9.17. The van der Waals surface area contributed by atoms with Crippen LogP contribution in [0.5, 0.6) is 0 Å². The van der Waals surface area contributed by atoms with Gasteiger partial charge in [-0.3, -0.25) is 10.1 Å². The number of hydrogen-bond donors (Lipinski definition) is 2. The summed E-state index contributed by atoms with van der Waals surface area (Å²) in [7, 11) is 1.87. The number of nitrogens with two attached hydrogens (primary N) is 1. The molecule has 0 amide bonds. The van der Waals surface area contributed by atoms with Gasteiger partial charge in [-0.1, -0.05) is 6.07 Å². The molecule has 0 radical (unpaired) electrons. The zero-order chi connectivity index (χ0) is 19.7. The van der Waals surface area contributed by atoms with Crippen LogP contribution in [0.1, 0.15) is 18.2 Å². The van der Waals surface area contributed by atoms with Crippen LogP contribution in [0.2, 0.25) is 0 Å². The normalized spacial score (nSPS) is 16.9. The Kier molecular flexibility index (Phi) is 4.79. The van der Waals surface area contributed by atoms with E-state index in [4.69, 9.17) is 15.9 Å². The van der Waals surface area contributed by atoms with Crippen molar-refractivity contribution in [2.45, 2.75) is 13.0 Å². The molecule has 8 nitrogen and oxygen atoms in total. The number of aryl methyl sites for hydroxylation is 1. The third-order valence-corrected chi connectivity index (χ3v) is 4.83. The Bertz CT molecular complexity index is 1010. The van der Waals surface area contributed by atoms with E-state index >= 15 is 0 Å². The fraction of sp³-hybridized carbons (Fsp3) is 0.300. The van der Waals surface area contributed by atoms with Gasteiger partial charge >= 0.3 is 0 Å². The van der Waals surface area contributed by atoms with Crippen molar-refractivity contribution in [2.24, 2.45) is 7.05 Å². The van der Waals surface area contributed by atoms with Gasteiger partial charge in [-0.05, 0) is 24.6 Å². The Morgan fingerprint density at radius 2 is 2.11 bits per heavy atom. The topological polar surface area (TPSA) is 106 Å². The highest BCUT2D eigenvalue weighted by molar-refractivity contribution is 6.13. The summed E-state index contributed by atoms with van der Waals surface area (Å²) < 4.78 is 7.35. The largest absolute Gasteiger partial charge is 0.398 e. The smallest absolute Gasteiger partial charge is 0.132 e. The number of aromatic nitrogens is 4. The fourth-order valence-corrected chi connectivity index (χ4v) is 3.34. The number of morpholine rings is 1. The lowest BCUT2D eigenvalue weighted by atomic mass is 9.99. The number of nitrogen functional groups attached to an aromatic ring is 1. The van der Waals surface area contributed by atoms with Gasteiger partial charge in [-0.2, -0.15) is 5.10 Å². The predicted octanol–water partition coefficient (Wildman–Crippen LogP) is 2.10. The summed E-state index contributed by atoms with van der Waals surface area (Å²) >= 11 is 0. The molecule has 3 N–H and O–H groups in total. The zero-order valence-electron chi connectivity index (χ0n) is 16.0. The maximum atomic E-state index is 8.69. The van der Waals surface area contributed by atoms with Crippen LogP contribution >= 0.6 is 0 Å². The van der Waals surface area contributed by atoms with E-state index in [-0.39, 0.29) is 11.8 Å². The molecule has 1 saturated heterocycles. The third-order valence-electron chi connectivity index (χ3n) is 4.83. The van der Waals surface area contributed by atoms with Gasteiger partial charge in [-0.25, -0.2) is 9.97 Å². The first kappa shape index (κ1) is 18.1. The Morgan fingerprint density at radius 1 is 1.25 bits per heavy atom. The van der Waals surface area contributed by atoms with Crippen molar-refractivity contribution in [3.8, 4) is 11.1 Å². The molecule has 0 spiro atoms. The van der Waals surface area contributed by atoms with Crippen molar-refractivity contribution >= 4 is 17.2 Å². The highest BCUT2D eigenvalue weighted by atomic mass is 16.5. The summed E-state index contributed by atoms with van der Waals surface area (Å²) in [5.74, 6) is 0.798. The molecular weight excluding hydrogens is 354 g/mol. The molecule has 1 aliphatic rings. The first-order chi connectivity index (χ1) is 13.5. The standard InChI is InChI=1S/C20H23N7O/c1-13-10-27(5-6-28-13)19-8-18(23-12-24-19)20(22)16-7-14(3-4-17(16)21)15-9-25-26(2)11-15/h3-4,7-9,11-13,22H,5-6,10,21H2,1-2H3. The molecule has 2 aromatic heterocycles. The van der Waals surface area contributed by atoms with Gasteiger partial charge in [0.15, 0.2) is 0 Å². The lowest BCUT2D eigenvalue weighted by molar-refractivity contribution is 0.0529. The second-order valence-corrected chi connectivity index (χ2v) is 6.97. The van der Waals surface area contributed by atoms with Crippen LogP contribution in [-0.4, -0.2) is 51.3 Å². The van der Waals surface area contributed by atoms with Crippen molar-refractivity contribution in [2.75, 3.05) is 30.3 Å². The van der Waals surface area contributed by atoms with Crippen LogP contribution < -0.4 is 10.6 Å². The molecule has 1 atom stereocenters. The van der Waals surface area contributed by atoms with E-state index in [0.717, 1.165) is 30.0 Å². The molecule has 0 aliphatic carbocycles. The van der Waals surface area contributed by atoms with Crippen LogP contribution in [0, 0.1) is 5.41 Å². The molecule has 4 rings (SSSR count). The summed E-state index contributed by atoms with van der Waals surface area (Å²) in [6.07, 6.45) is 5.38. The van der Waals surface area contributed by atoms with Crippen LogP contribution in [0.4, 0.5) is 11.5 Å². The summed E-state index contributed by atoms with van der Waals surface area (Å²) in [6.45, 7) is 4.24. The number of rotatable bonds is 4. The quantitative estimate of drug-likeness (QED) is 0.533. The van der Waals surface area contributed by atoms with Gasteiger partial charge < -0.3 is 15.4 Å². The molecule has 1 aliphatic heterocycles. The Labute approximate surface area is 163 Å². The van der Waals surface area contributed by atoms with Crippen molar-refractivity contribution in [3.63, 3.8) is 0 Å². The molecule has 0 saturated carbocycles. The first-order valence-corrected chi connectivity index (χ1v) is 9.17. The molecule has 3 heterocycles. The van der Waals surface area contributed by atoms with E-state index in [1.54, 1.807) is 10.9 Å². The lowest BCUT2D eigenvalue weighted by Crippen LogP contribution is -2.41. The van der Waals surface area contributed by atoms with Crippen LogP contribution in [-0.2, 0) is 11.8 Å². The second-order valence-electron chi connectivity index (χ2n) is 6.97. The van der Waals surface area contributed by atoms with Gasteiger partial charge in [0, 0.05) is 49.2 Å². The lowest BCUT2D eigenvalue weighted by Gasteiger charge is -2.32. The minimum absolute atomic E-state index is 0.151. The van der Waals surface area contributed by atoms with Gasteiger partial charge in [0.25, 0.3) is 0 Å². The molecule has 8 heteroatoms. The molecule has 0 bridgehead atoms. The maximum absolute atomic E-state index is 8.69. The Hall–Kier alpha value is -3.26. The molecule has 3 aromatic rings. The third kappa shape index (κ3) is 3.59. The summed E-state index contributed by atoms with van der Waals surface area (Å²) in [5.41, 5.74) is 10.1. The van der Waals surface area contributed by atoms with E-state index in [0.29, 0.717) is 23.6 Å². The Morgan fingerprint density at radius 3 is 2.86 bits per heavy atom. The van der Waals surface area contributed by atoms with Crippen molar-refractivity contribution in [1.29, 1.82) is 5.41 Å². The highest BCUT2D eigenvalue weighted by Gasteiger charge is 2.20. The number of nitrogens with zero attached hydrogens (tertiary/aromatic N) is 5. The molecule has 28 heavy (non-hydrogen) atoms. The van der Waals surface area contributed by atoms with E-state index in [2.05, 4.69) is 20.0 Å². The summed E-state index contributed by atoms with van der Waals surface area (Å²) in [4.78, 5) is 10.9. The number of ether oxygens (including phenoxy) is 1. The highest BCUT2D eigenvalue weighted by Crippen LogP contribution is 2.25. The van der Waals surface area contributed by atoms with E-state index in [1.807, 2.05) is 44.4 Å². The predicted molar refractivity (Wildman–Crippen MR) is 109 cm³/mol. The van der Waals surface area contributed by atoms with E-state index < -0.39 is 0 Å². The van der Waals surface area contributed by atoms with E-state index in [9.17, 15) is 0 Å². The molecule has 144 valence electrons. The zero-order valence-corrected chi connectivity index (χ0v) is 16.0. The fourth-order valence-electron chi connectivity index (χ4n) is 3.34.